The lowest BCUT2D eigenvalue weighted by Crippen LogP contribution is -2.30. The first-order valence-corrected chi connectivity index (χ1v) is 6.74. The van der Waals surface area contributed by atoms with Gasteiger partial charge >= 0.3 is 12.0 Å². The maximum absolute atomic E-state index is 12.2. The summed E-state index contributed by atoms with van der Waals surface area (Å²) < 4.78 is 29.3. The van der Waals surface area contributed by atoms with E-state index in [1.807, 2.05) is 0 Å². The van der Waals surface area contributed by atoms with Gasteiger partial charge < -0.3 is 20.5 Å². The molecule has 0 aromatic heterocycles. The average molecular weight is 337 g/mol. The Hall–Kier alpha value is -2.09. The predicted octanol–water partition coefficient (Wildman–Crippen LogP) is 2.97. The van der Waals surface area contributed by atoms with Crippen LogP contribution in [0.3, 0.4) is 0 Å². The van der Waals surface area contributed by atoms with Crippen LogP contribution in [0, 0.1) is 0 Å². The number of benzene rings is 1. The third kappa shape index (κ3) is 6.57. The molecule has 0 atom stereocenters. The molecule has 0 unspecified atom stereocenters. The zero-order valence-corrected chi connectivity index (χ0v) is 12.2. The number of hydrogen-bond acceptors (Lipinski definition) is 3. The van der Waals surface area contributed by atoms with E-state index in [-0.39, 0.29) is 35.8 Å². The third-order valence-corrected chi connectivity index (χ3v) is 2.72. The number of anilines is 1. The van der Waals surface area contributed by atoms with Gasteiger partial charge in [-0.3, -0.25) is 4.79 Å². The first kappa shape index (κ1) is 18.0. The van der Waals surface area contributed by atoms with E-state index in [9.17, 15) is 18.4 Å². The maximum Gasteiger partial charge on any atom is 0.319 e. The van der Waals surface area contributed by atoms with Crippen LogP contribution >= 0.6 is 11.6 Å². The lowest BCUT2D eigenvalue weighted by molar-refractivity contribution is -0.137. The van der Waals surface area contributed by atoms with Gasteiger partial charge in [-0.1, -0.05) is 17.7 Å². The Morgan fingerprint density at radius 1 is 1.36 bits per heavy atom. The molecule has 3 N–H and O–H groups in total. The highest BCUT2D eigenvalue weighted by Crippen LogP contribution is 2.33. The number of nitrogens with one attached hydrogen (secondary N) is 2. The first-order chi connectivity index (χ1) is 10.4. The largest absolute Gasteiger partial charge is 0.484 e. The molecule has 1 rings (SSSR count). The summed E-state index contributed by atoms with van der Waals surface area (Å²) in [4.78, 5) is 22.0. The van der Waals surface area contributed by atoms with Crippen molar-refractivity contribution in [2.75, 3.05) is 18.5 Å². The number of carbonyl (C=O) groups excluding carboxylic acids is 1. The van der Waals surface area contributed by atoms with Crippen LogP contribution in [0.15, 0.2) is 18.2 Å². The van der Waals surface area contributed by atoms with Crippen molar-refractivity contribution < 1.29 is 28.2 Å². The van der Waals surface area contributed by atoms with Crippen LogP contribution < -0.4 is 15.4 Å². The molecule has 0 radical (unpaired) electrons. The quantitative estimate of drug-likeness (QED) is 0.637. The Labute approximate surface area is 130 Å². The van der Waals surface area contributed by atoms with E-state index in [1.165, 1.54) is 18.2 Å². The van der Waals surface area contributed by atoms with Crippen molar-refractivity contribution in [3.8, 4) is 5.75 Å². The summed E-state index contributed by atoms with van der Waals surface area (Å²) in [5.41, 5.74) is 0.142. The summed E-state index contributed by atoms with van der Waals surface area (Å²) in [6.07, 6.45) is -2.47. The van der Waals surface area contributed by atoms with Crippen LogP contribution in [0.5, 0.6) is 5.75 Å². The molecule has 0 bridgehead atoms. The van der Waals surface area contributed by atoms with E-state index in [2.05, 4.69) is 10.6 Å². The van der Waals surface area contributed by atoms with Crippen LogP contribution in [0.1, 0.15) is 12.8 Å². The van der Waals surface area contributed by atoms with Gasteiger partial charge in [0.05, 0.1) is 10.7 Å². The minimum absolute atomic E-state index is 0.0508. The Morgan fingerprint density at radius 2 is 2.09 bits per heavy atom. The van der Waals surface area contributed by atoms with E-state index < -0.39 is 25.0 Å². The molecular weight excluding hydrogens is 322 g/mol. The van der Waals surface area contributed by atoms with Crippen molar-refractivity contribution in [3.05, 3.63) is 23.2 Å². The van der Waals surface area contributed by atoms with E-state index in [0.29, 0.717) is 0 Å². The van der Waals surface area contributed by atoms with Gasteiger partial charge in [-0.2, -0.15) is 0 Å². The van der Waals surface area contributed by atoms with E-state index in [0.717, 1.165) is 0 Å². The fraction of sp³-hybridized carbons (Fsp3) is 0.385. The smallest absolute Gasteiger partial charge is 0.319 e. The Balaban J connectivity index is 2.58. The topological polar surface area (TPSA) is 87.7 Å². The van der Waals surface area contributed by atoms with Crippen LogP contribution in [0.4, 0.5) is 19.3 Å². The predicted molar refractivity (Wildman–Crippen MR) is 76.8 cm³/mol. The Bertz CT molecular complexity index is 529. The highest BCUT2D eigenvalue weighted by Gasteiger charge is 2.13. The number of para-hydroxylation sites is 1. The lowest BCUT2D eigenvalue weighted by Gasteiger charge is -2.14. The summed E-state index contributed by atoms with van der Waals surface area (Å²) in [5.74, 6) is -1.01. The SMILES string of the molecule is O=C(O)CCCNC(=O)Nc1cccc(Cl)c1OCC(F)F. The number of halogens is 3. The van der Waals surface area contributed by atoms with Crippen molar-refractivity contribution >= 4 is 29.3 Å². The van der Waals surface area contributed by atoms with Gasteiger partial charge in [0.1, 0.15) is 6.61 Å². The van der Waals surface area contributed by atoms with Crippen molar-refractivity contribution in [2.45, 2.75) is 19.3 Å². The van der Waals surface area contributed by atoms with Gasteiger partial charge in [0.2, 0.25) is 0 Å². The molecule has 0 saturated carbocycles. The van der Waals surface area contributed by atoms with Gasteiger partial charge in [-0.25, -0.2) is 13.6 Å². The number of amides is 2. The number of carboxylic acid groups (broad SMARTS) is 1. The molecule has 1 aromatic carbocycles. The number of ether oxygens (including phenoxy) is 1. The number of alkyl halides is 2. The monoisotopic (exact) mass is 336 g/mol. The number of carboxylic acids is 1. The molecule has 22 heavy (non-hydrogen) atoms. The zero-order chi connectivity index (χ0) is 16.5. The minimum atomic E-state index is -2.67. The molecule has 0 saturated heterocycles. The van der Waals surface area contributed by atoms with Crippen molar-refractivity contribution in [3.63, 3.8) is 0 Å². The highest BCUT2D eigenvalue weighted by molar-refractivity contribution is 6.32. The van der Waals surface area contributed by atoms with Crippen molar-refractivity contribution in [2.24, 2.45) is 0 Å². The number of carbonyl (C=O) groups is 2. The second-order valence-corrected chi connectivity index (χ2v) is 4.60. The highest BCUT2D eigenvalue weighted by atomic mass is 35.5. The number of hydrogen-bond donors (Lipinski definition) is 3. The zero-order valence-electron chi connectivity index (χ0n) is 11.4. The minimum Gasteiger partial charge on any atom is -0.484 e. The average Bonchev–Trinajstić information content (AvgIpc) is 2.42. The van der Waals surface area contributed by atoms with Crippen LogP contribution in [-0.4, -0.2) is 36.7 Å². The first-order valence-electron chi connectivity index (χ1n) is 6.36. The van der Waals surface area contributed by atoms with Gasteiger partial charge in [-0.15, -0.1) is 0 Å². The fourth-order valence-electron chi connectivity index (χ4n) is 1.51. The van der Waals surface area contributed by atoms with Gasteiger partial charge in [0.25, 0.3) is 6.43 Å². The van der Waals surface area contributed by atoms with E-state index in [4.69, 9.17) is 21.4 Å². The summed E-state index contributed by atoms with van der Waals surface area (Å²) >= 11 is 5.85. The second kappa shape index (κ2) is 9.04. The van der Waals surface area contributed by atoms with Crippen LogP contribution in [0.25, 0.3) is 0 Å². The van der Waals surface area contributed by atoms with Crippen LogP contribution in [0.2, 0.25) is 5.02 Å². The molecule has 2 amide bonds. The van der Waals surface area contributed by atoms with Crippen LogP contribution in [-0.2, 0) is 4.79 Å². The second-order valence-electron chi connectivity index (χ2n) is 4.20. The Morgan fingerprint density at radius 3 is 2.73 bits per heavy atom. The summed E-state index contributed by atoms with van der Waals surface area (Å²) in [6, 6.07) is 3.80. The molecule has 0 fully saturated rings. The Kier molecular flexibility index (Phi) is 7.38. The molecule has 0 aliphatic carbocycles. The normalized spacial score (nSPS) is 10.4. The number of rotatable bonds is 8. The molecular formula is C13H15ClF2N2O4. The lowest BCUT2D eigenvalue weighted by atomic mass is 10.3. The van der Waals surface area contributed by atoms with Gasteiger partial charge in [-0.05, 0) is 18.6 Å². The van der Waals surface area contributed by atoms with E-state index >= 15 is 0 Å². The number of aliphatic carboxylic acids is 1. The third-order valence-electron chi connectivity index (χ3n) is 2.42. The van der Waals surface area contributed by atoms with Gasteiger partial charge in [0, 0.05) is 13.0 Å². The summed E-state index contributed by atoms with van der Waals surface area (Å²) in [5, 5.41) is 13.4. The molecule has 122 valence electrons. The van der Waals surface area contributed by atoms with Gasteiger partial charge in [0.15, 0.2) is 5.75 Å². The molecule has 0 aliphatic rings. The molecule has 0 aliphatic heterocycles. The van der Waals surface area contributed by atoms with Crippen molar-refractivity contribution in [1.82, 2.24) is 5.32 Å². The van der Waals surface area contributed by atoms with E-state index in [1.54, 1.807) is 0 Å². The molecule has 0 heterocycles. The molecule has 0 spiro atoms. The number of urea groups is 1. The summed E-state index contributed by atoms with van der Waals surface area (Å²) in [7, 11) is 0. The van der Waals surface area contributed by atoms with Crippen molar-refractivity contribution in [1.29, 1.82) is 0 Å². The molecule has 9 heteroatoms. The maximum atomic E-state index is 12.2. The fourth-order valence-corrected chi connectivity index (χ4v) is 1.74. The molecule has 6 nitrogen and oxygen atoms in total. The summed E-state index contributed by atoms with van der Waals surface area (Å²) in [6.45, 7) is -0.690. The molecule has 1 aromatic rings. The standard InChI is InChI=1S/C13H15ClF2N2O4/c14-8-3-1-4-9(12(8)22-7-10(15)16)18-13(21)17-6-2-5-11(19)20/h1,3-4,10H,2,5-7H2,(H,19,20)(H2,17,18,21).